The summed E-state index contributed by atoms with van der Waals surface area (Å²) in [6, 6.07) is 12.2. The molecule has 2 aromatic carbocycles. The van der Waals surface area contributed by atoms with Gasteiger partial charge in [0, 0.05) is 12.6 Å². The van der Waals surface area contributed by atoms with Gasteiger partial charge in [-0.25, -0.2) is 9.29 Å². The third-order valence-corrected chi connectivity index (χ3v) is 5.07. The number of hydrogen-bond acceptors (Lipinski definition) is 4. The summed E-state index contributed by atoms with van der Waals surface area (Å²) in [4.78, 5) is 40.3. The van der Waals surface area contributed by atoms with Crippen molar-refractivity contribution in [2.45, 2.75) is 0 Å². The van der Waals surface area contributed by atoms with Crippen molar-refractivity contribution in [3.05, 3.63) is 64.8 Å². The minimum Gasteiger partial charge on any atom is -0.311 e. The summed E-state index contributed by atoms with van der Waals surface area (Å²) >= 11 is 0.723. The molecule has 0 atom stereocenters. The van der Waals surface area contributed by atoms with Crippen LogP contribution in [-0.4, -0.2) is 24.1 Å². The number of rotatable bonds is 1. The van der Waals surface area contributed by atoms with Crippen molar-refractivity contribution in [2.75, 3.05) is 16.8 Å². The van der Waals surface area contributed by atoms with Crippen LogP contribution in [0.3, 0.4) is 0 Å². The van der Waals surface area contributed by atoms with Gasteiger partial charge in [0.1, 0.15) is 5.82 Å². The number of fused-ring (bicyclic) bond motifs is 1. The first-order valence-corrected chi connectivity index (χ1v) is 8.24. The topological polar surface area (TPSA) is 57.7 Å². The third-order valence-electron chi connectivity index (χ3n) is 4.13. The highest BCUT2D eigenvalue weighted by Gasteiger charge is 2.43. The molecule has 2 heterocycles. The molecule has 0 aromatic heterocycles. The summed E-state index contributed by atoms with van der Waals surface area (Å²) in [6.45, 7) is 0. The van der Waals surface area contributed by atoms with E-state index in [1.807, 2.05) is 0 Å². The summed E-state index contributed by atoms with van der Waals surface area (Å²) in [7, 11) is 1.62. The van der Waals surface area contributed by atoms with Crippen LogP contribution in [-0.2, 0) is 9.59 Å². The van der Waals surface area contributed by atoms with E-state index in [-0.39, 0.29) is 22.1 Å². The lowest BCUT2D eigenvalue weighted by Crippen LogP contribution is -2.28. The Kier molecular flexibility index (Phi) is 3.47. The third kappa shape index (κ3) is 2.27. The van der Waals surface area contributed by atoms with E-state index in [1.165, 1.54) is 29.2 Å². The molecule has 0 aliphatic carbocycles. The molecule has 0 unspecified atom stereocenters. The molecule has 0 spiro atoms. The minimum atomic E-state index is -0.574. The van der Waals surface area contributed by atoms with Crippen molar-refractivity contribution >= 4 is 45.8 Å². The number of anilines is 2. The molecule has 124 valence electrons. The molecule has 2 aromatic rings. The summed E-state index contributed by atoms with van der Waals surface area (Å²) in [6.07, 6.45) is 0. The lowest BCUT2D eigenvalue weighted by molar-refractivity contribution is -0.115. The summed E-state index contributed by atoms with van der Waals surface area (Å²) < 4.78 is 13.1. The standard InChI is InChI=1S/C18H11FN2O3S/c1-20-13-5-3-2-4-12(13)14(16(20)22)15-17(23)21(18(24)25-15)11-8-6-10(19)7-9-11/h2-9H,1H3/b15-14-. The second kappa shape index (κ2) is 5.56. The van der Waals surface area contributed by atoms with Crippen molar-refractivity contribution < 1.29 is 18.8 Å². The zero-order valence-corrected chi connectivity index (χ0v) is 13.8. The lowest BCUT2D eigenvalue weighted by atomic mass is 10.1. The SMILES string of the molecule is CN1C(=O)/C(=C2\SC(=O)N(c3ccc(F)cc3)C2=O)c2ccccc21. The fraction of sp³-hybridized carbons (Fsp3) is 0.0556. The van der Waals surface area contributed by atoms with E-state index in [0.29, 0.717) is 11.3 Å². The molecule has 2 aliphatic rings. The maximum atomic E-state index is 13.1. The van der Waals surface area contributed by atoms with Crippen LogP contribution >= 0.6 is 11.8 Å². The van der Waals surface area contributed by atoms with Gasteiger partial charge in [0.25, 0.3) is 17.1 Å². The van der Waals surface area contributed by atoms with Gasteiger partial charge in [0.2, 0.25) is 0 Å². The van der Waals surface area contributed by atoms with Crippen LogP contribution in [0.1, 0.15) is 5.56 Å². The minimum absolute atomic E-state index is 0.0936. The number of thioether (sulfide) groups is 1. The molecule has 4 rings (SSSR count). The van der Waals surface area contributed by atoms with Gasteiger partial charge in [-0.3, -0.25) is 14.4 Å². The molecule has 2 aliphatic heterocycles. The number of hydrogen-bond donors (Lipinski definition) is 0. The first-order valence-electron chi connectivity index (χ1n) is 7.42. The Morgan fingerprint density at radius 2 is 1.60 bits per heavy atom. The van der Waals surface area contributed by atoms with E-state index in [1.54, 1.807) is 31.3 Å². The summed E-state index contributed by atoms with van der Waals surface area (Å²) in [5.74, 6) is -1.36. The summed E-state index contributed by atoms with van der Waals surface area (Å²) in [5.41, 5.74) is 1.81. The Bertz CT molecular complexity index is 969. The number of likely N-dealkylation sites (N-methyl/N-ethyl adjacent to an activating group) is 1. The highest BCUT2D eigenvalue weighted by molar-refractivity contribution is 8.19. The highest BCUT2D eigenvalue weighted by Crippen LogP contribution is 2.44. The molecule has 0 radical (unpaired) electrons. The molecule has 0 N–H and O–H groups in total. The second-order valence-corrected chi connectivity index (χ2v) is 6.53. The Hall–Kier alpha value is -2.93. The van der Waals surface area contributed by atoms with Crippen LogP contribution in [0, 0.1) is 5.82 Å². The van der Waals surface area contributed by atoms with Gasteiger partial charge in [-0.05, 0) is 42.1 Å². The van der Waals surface area contributed by atoms with Crippen LogP contribution in [0.25, 0.3) is 5.57 Å². The van der Waals surface area contributed by atoms with Gasteiger partial charge < -0.3 is 4.90 Å². The molecule has 0 bridgehead atoms. The average Bonchev–Trinajstić information content (AvgIpc) is 3.03. The Morgan fingerprint density at radius 3 is 2.32 bits per heavy atom. The van der Waals surface area contributed by atoms with E-state index in [2.05, 4.69) is 0 Å². The van der Waals surface area contributed by atoms with Gasteiger partial charge in [-0.15, -0.1) is 0 Å². The molecule has 25 heavy (non-hydrogen) atoms. The number of benzene rings is 2. The van der Waals surface area contributed by atoms with Crippen molar-refractivity contribution in [3.8, 4) is 0 Å². The molecule has 1 fully saturated rings. The van der Waals surface area contributed by atoms with E-state index >= 15 is 0 Å². The molecular weight excluding hydrogens is 343 g/mol. The molecular formula is C18H11FN2O3S. The van der Waals surface area contributed by atoms with E-state index in [0.717, 1.165) is 16.7 Å². The first kappa shape index (κ1) is 15.6. The smallest absolute Gasteiger partial charge is 0.298 e. The van der Waals surface area contributed by atoms with E-state index < -0.39 is 17.0 Å². The fourth-order valence-electron chi connectivity index (χ4n) is 2.92. The quantitative estimate of drug-likeness (QED) is 0.737. The normalized spacial score (nSPS) is 19.8. The first-order chi connectivity index (χ1) is 12.0. The van der Waals surface area contributed by atoms with Crippen LogP contribution in [0.15, 0.2) is 53.4 Å². The van der Waals surface area contributed by atoms with Gasteiger partial charge >= 0.3 is 0 Å². The number of para-hydroxylation sites is 1. The molecule has 1 saturated heterocycles. The number of amides is 3. The zero-order chi connectivity index (χ0) is 17.7. The van der Waals surface area contributed by atoms with Crippen molar-refractivity contribution in [2.24, 2.45) is 0 Å². The van der Waals surface area contributed by atoms with Crippen molar-refractivity contribution in [3.63, 3.8) is 0 Å². The van der Waals surface area contributed by atoms with Crippen molar-refractivity contribution in [1.29, 1.82) is 0 Å². The second-order valence-electron chi connectivity index (χ2n) is 5.57. The lowest BCUT2D eigenvalue weighted by Gasteiger charge is -2.12. The van der Waals surface area contributed by atoms with Crippen molar-refractivity contribution in [1.82, 2.24) is 0 Å². The molecule has 5 nitrogen and oxygen atoms in total. The number of imide groups is 1. The average molecular weight is 354 g/mol. The maximum Gasteiger partial charge on any atom is 0.298 e. The fourth-order valence-corrected chi connectivity index (χ4v) is 3.85. The Morgan fingerprint density at radius 1 is 0.920 bits per heavy atom. The molecule has 3 amide bonds. The van der Waals surface area contributed by atoms with Gasteiger partial charge in [-0.2, -0.15) is 0 Å². The van der Waals surface area contributed by atoms with Gasteiger partial charge in [0.05, 0.1) is 21.9 Å². The maximum absolute atomic E-state index is 13.1. The highest BCUT2D eigenvalue weighted by atomic mass is 32.2. The van der Waals surface area contributed by atoms with Crippen LogP contribution < -0.4 is 9.80 Å². The molecule has 0 saturated carbocycles. The molecule has 7 heteroatoms. The van der Waals surface area contributed by atoms with Gasteiger partial charge in [0.15, 0.2) is 0 Å². The predicted octanol–water partition coefficient (Wildman–Crippen LogP) is 3.41. The van der Waals surface area contributed by atoms with Crippen LogP contribution in [0.2, 0.25) is 0 Å². The number of nitrogens with zero attached hydrogens (tertiary/aromatic N) is 2. The van der Waals surface area contributed by atoms with Crippen LogP contribution in [0.4, 0.5) is 20.6 Å². The zero-order valence-electron chi connectivity index (χ0n) is 13.0. The monoisotopic (exact) mass is 354 g/mol. The van der Waals surface area contributed by atoms with E-state index in [4.69, 9.17) is 0 Å². The summed E-state index contributed by atoms with van der Waals surface area (Å²) in [5, 5.41) is -0.515. The van der Waals surface area contributed by atoms with Crippen LogP contribution in [0.5, 0.6) is 0 Å². The van der Waals surface area contributed by atoms with E-state index in [9.17, 15) is 18.8 Å². The Labute approximate surface area is 146 Å². The number of halogens is 1. The number of carbonyl (C=O) groups is 3. The predicted molar refractivity (Wildman–Crippen MR) is 93.6 cm³/mol. The number of carbonyl (C=O) groups excluding carboxylic acids is 3. The van der Waals surface area contributed by atoms with Gasteiger partial charge in [-0.1, -0.05) is 18.2 Å². The largest absolute Gasteiger partial charge is 0.311 e. The Balaban J connectivity index is 1.84.